The first-order valence-corrected chi connectivity index (χ1v) is 7.89. The lowest BCUT2D eigenvalue weighted by Gasteiger charge is -2.36. The minimum atomic E-state index is -0.485. The average Bonchev–Trinajstić information content (AvgIpc) is 2.57. The van der Waals surface area contributed by atoms with Crippen LogP contribution < -0.4 is 5.32 Å². The van der Waals surface area contributed by atoms with Crippen LogP contribution in [0.5, 0.6) is 0 Å². The first kappa shape index (κ1) is 15.7. The van der Waals surface area contributed by atoms with Gasteiger partial charge in [-0.2, -0.15) is 0 Å². The van der Waals surface area contributed by atoms with E-state index in [1.165, 1.54) is 11.6 Å². The lowest BCUT2D eigenvalue weighted by Crippen LogP contribution is -2.45. The molecule has 0 bridgehead atoms. The second-order valence-electron chi connectivity index (χ2n) is 5.31. The maximum Gasteiger partial charge on any atom is 0.143 e. The molecule has 0 spiro atoms. The Labute approximate surface area is 139 Å². The Morgan fingerprint density at radius 3 is 2.73 bits per heavy atom. The lowest BCUT2D eigenvalue weighted by molar-refractivity contribution is 0.153. The van der Waals surface area contributed by atoms with Crippen LogP contribution in [0.25, 0.3) is 0 Å². The highest BCUT2D eigenvalue weighted by molar-refractivity contribution is 6.42. The fourth-order valence-corrected chi connectivity index (χ4v) is 3.15. The molecule has 2 heterocycles. The third kappa shape index (κ3) is 3.25. The third-order valence-corrected chi connectivity index (χ3v) is 4.83. The molecule has 1 saturated heterocycles. The molecule has 1 aliphatic rings. The third-order valence-electron chi connectivity index (χ3n) is 3.93. The monoisotopic (exact) mass is 339 g/mol. The Morgan fingerprint density at radius 1 is 1.18 bits per heavy atom. The van der Waals surface area contributed by atoms with E-state index in [-0.39, 0.29) is 11.1 Å². The van der Waals surface area contributed by atoms with Gasteiger partial charge in [0.2, 0.25) is 0 Å². The van der Waals surface area contributed by atoms with E-state index in [0.29, 0.717) is 11.6 Å². The number of hydrogen-bond acceptors (Lipinski definition) is 3. The molecule has 1 unspecified atom stereocenters. The second kappa shape index (κ2) is 6.92. The normalized spacial score (nSPS) is 19.3. The summed E-state index contributed by atoms with van der Waals surface area (Å²) in [6.07, 6.45) is 3.59. The van der Waals surface area contributed by atoms with Crippen molar-refractivity contribution in [3.8, 4) is 0 Å². The fraction of sp³-hybridized carbons (Fsp3) is 0.312. The van der Waals surface area contributed by atoms with Crippen LogP contribution >= 0.6 is 23.2 Å². The number of benzene rings is 1. The van der Waals surface area contributed by atoms with Gasteiger partial charge in [-0.3, -0.25) is 9.88 Å². The van der Waals surface area contributed by atoms with E-state index in [2.05, 4.69) is 15.2 Å². The number of nitrogens with one attached hydrogen (secondary N) is 1. The molecule has 1 aromatic heterocycles. The van der Waals surface area contributed by atoms with Crippen molar-refractivity contribution in [2.45, 2.75) is 12.6 Å². The fourth-order valence-electron chi connectivity index (χ4n) is 2.76. The zero-order valence-corrected chi connectivity index (χ0v) is 13.4. The Hall–Kier alpha value is -1.20. The van der Waals surface area contributed by atoms with Crippen molar-refractivity contribution in [2.24, 2.45) is 0 Å². The minimum Gasteiger partial charge on any atom is -0.314 e. The van der Waals surface area contributed by atoms with Crippen LogP contribution in [-0.2, 0) is 6.54 Å². The SMILES string of the molecule is Fc1ccc(CN2CCNCC2c2ccncc2)c(Cl)c1Cl. The van der Waals surface area contributed by atoms with Crippen LogP contribution in [0.2, 0.25) is 10.0 Å². The molecule has 0 aliphatic carbocycles. The van der Waals surface area contributed by atoms with Crippen LogP contribution in [-0.4, -0.2) is 29.5 Å². The van der Waals surface area contributed by atoms with Gasteiger partial charge in [0.1, 0.15) is 5.82 Å². The maximum absolute atomic E-state index is 13.4. The number of rotatable bonds is 3. The lowest BCUT2D eigenvalue weighted by atomic mass is 10.0. The van der Waals surface area contributed by atoms with Crippen LogP contribution in [0, 0.1) is 5.82 Å². The van der Waals surface area contributed by atoms with Crippen molar-refractivity contribution in [2.75, 3.05) is 19.6 Å². The zero-order chi connectivity index (χ0) is 15.5. The molecule has 1 atom stereocenters. The predicted molar refractivity (Wildman–Crippen MR) is 86.7 cm³/mol. The van der Waals surface area contributed by atoms with Crippen LogP contribution in [0.4, 0.5) is 4.39 Å². The van der Waals surface area contributed by atoms with Crippen molar-refractivity contribution in [3.63, 3.8) is 0 Å². The molecule has 1 N–H and O–H groups in total. The van der Waals surface area contributed by atoms with Crippen molar-refractivity contribution in [3.05, 3.63) is 63.6 Å². The quantitative estimate of drug-likeness (QED) is 0.864. The summed E-state index contributed by atoms with van der Waals surface area (Å²) in [5, 5.41) is 3.70. The van der Waals surface area contributed by atoms with Crippen LogP contribution in [0.1, 0.15) is 17.2 Å². The summed E-state index contributed by atoms with van der Waals surface area (Å²) in [6.45, 7) is 3.29. The van der Waals surface area contributed by atoms with Gasteiger partial charge in [0.15, 0.2) is 0 Å². The molecule has 0 saturated carbocycles. The van der Waals surface area contributed by atoms with E-state index >= 15 is 0 Å². The van der Waals surface area contributed by atoms with Gasteiger partial charge >= 0.3 is 0 Å². The highest BCUT2D eigenvalue weighted by atomic mass is 35.5. The van der Waals surface area contributed by atoms with Gasteiger partial charge in [-0.15, -0.1) is 0 Å². The van der Waals surface area contributed by atoms with E-state index in [0.717, 1.165) is 25.2 Å². The summed E-state index contributed by atoms with van der Waals surface area (Å²) in [4.78, 5) is 6.39. The van der Waals surface area contributed by atoms with E-state index in [1.807, 2.05) is 12.1 Å². The van der Waals surface area contributed by atoms with Gasteiger partial charge in [-0.05, 0) is 29.3 Å². The summed E-state index contributed by atoms with van der Waals surface area (Å²) < 4.78 is 13.4. The Morgan fingerprint density at radius 2 is 1.95 bits per heavy atom. The zero-order valence-electron chi connectivity index (χ0n) is 11.9. The molecular weight excluding hydrogens is 324 g/mol. The molecule has 1 aromatic carbocycles. The van der Waals surface area contributed by atoms with Crippen LogP contribution in [0.3, 0.4) is 0 Å². The van der Waals surface area contributed by atoms with Crippen molar-refractivity contribution < 1.29 is 4.39 Å². The second-order valence-corrected chi connectivity index (χ2v) is 6.06. The summed E-state index contributed by atoms with van der Waals surface area (Å²) in [5.74, 6) is -0.485. The molecule has 0 amide bonds. The first-order valence-electron chi connectivity index (χ1n) is 7.14. The van der Waals surface area contributed by atoms with Gasteiger partial charge in [-0.1, -0.05) is 29.3 Å². The molecule has 1 aliphatic heterocycles. The first-order chi connectivity index (χ1) is 10.7. The van der Waals surface area contributed by atoms with Crippen molar-refractivity contribution in [1.29, 1.82) is 0 Å². The maximum atomic E-state index is 13.4. The standard InChI is InChI=1S/C16H16Cl2FN3/c17-15-12(1-2-13(19)16(15)18)10-22-8-7-21-9-14(22)11-3-5-20-6-4-11/h1-6,14,21H,7-10H2. The summed E-state index contributed by atoms with van der Waals surface area (Å²) in [5.41, 5.74) is 2.04. The average molecular weight is 340 g/mol. The molecule has 0 radical (unpaired) electrons. The van der Waals surface area contributed by atoms with Gasteiger partial charge in [-0.25, -0.2) is 4.39 Å². The van der Waals surface area contributed by atoms with Crippen LogP contribution in [0.15, 0.2) is 36.7 Å². The molecular formula is C16H16Cl2FN3. The number of aromatic nitrogens is 1. The molecule has 3 rings (SSSR count). The van der Waals surface area contributed by atoms with Gasteiger partial charge in [0.25, 0.3) is 0 Å². The van der Waals surface area contributed by atoms with E-state index in [4.69, 9.17) is 23.2 Å². The smallest absolute Gasteiger partial charge is 0.143 e. The van der Waals surface area contributed by atoms with Gasteiger partial charge in [0.05, 0.1) is 10.0 Å². The molecule has 2 aromatic rings. The summed E-state index contributed by atoms with van der Waals surface area (Å²) in [7, 11) is 0. The van der Waals surface area contributed by atoms with E-state index < -0.39 is 5.82 Å². The molecule has 116 valence electrons. The van der Waals surface area contributed by atoms with Crippen molar-refractivity contribution >= 4 is 23.2 Å². The highest BCUT2D eigenvalue weighted by Crippen LogP contribution is 2.31. The number of hydrogen-bond donors (Lipinski definition) is 1. The Kier molecular flexibility index (Phi) is 4.93. The Bertz CT molecular complexity index is 651. The number of halogens is 3. The van der Waals surface area contributed by atoms with Gasteiger partial charge in [0, 0.05) is 44.6 Å². The summed E-state index contributed by atoms with van der Waals surface area (Å²) in [6, 6.07) is 7.34. The molecule has 1 fully saturated rings. The molecule has 6 heteroatoms. The number of nitrogens with zero attached hydrogens (tertiary/aromatic N) is 2. The number of piperazine rings is 1. The summed E-state index contributed by atoms with van der Waals surface area (Å²) >= 11 is 12.1. The predicted octanol–water partition coefficient (Wildman–Crippen LogP) is 3.67. The Balaban J connectivity index is 1.85. The number of pyridine rings is 1. The highest BCUT2D eigenvalue weighted by Gasteiger charge is 2.24. The topological polar surface area (TPSA) is 28.2 Å². The largest absolute Gasteiger partial charge is 0.314 e. The van der Waals surface area contributed by atoms with E-state index in [1.54, 1.807) is 18.5 Å². The van der Waals surface area contributed by atoms with Gasteiger partial charge < -0.3 is 5.32 Å². The van der Waals surface area contributed by atoms with E-state index in [9.17, 15) is 4.39 Å². The molecule has 22 heavy (non-hydrogen) atoms. The molecule has 3 nitrogen and oxygen atoms in total. The minimum absolute atomic E-state index is 0.00485. The van der Waals surface area contributed by atoms with Crippen molar-refractivity contribution in [1.82, 2.24) is 15.2 Å².